The first-order valence-corrected chi connectivity index (χ1v) is 6.97. The highest BCUT2D eigenvalue weighted by atomic mass is 79.9. The van der Waals surface area contributed by atoms with Crippen LogP contribution >= 0.6 is 15.9 Å². The van der Waals surface area contributed by atoms with Gasteiger partial charge in [0.1, 0.15) is 4.90 Å². The molecule has 2 heterocycles. The van der Waals surface area contributed by atoms with Gasteiger partial charge in [0.25, 0.3) is 0 Å². The van der Waals surface area contributed by atoms with Gasteiger partial charge in [0.05, 0.1) is 12.5 Å². The van der Waals surface area contributed by atoms with Crippen molar-refractivity contribution in [2.45, 2.75) is 11.4 Å². The van der Waals surface area contributed by atoms with Crippen LogP contribution in [0.4, 0.5) is 0 Å². The van der Waals surface area contributed by atoms with Crippen molar-refractivity contribution in [1.82, 2.24) is 9.71 Å². The Bertz CT molecular complexity index is 596. The van der Waals surface area contributed by atoms with E-state index in [2.05, 4.69) is 25.6 Å². The number of sulfonamides is 1. The number of furan rings is 1. The first kappa shape index (κ1) is 12.3. The van der Waals surface area contributed by atoms with Gasteiger partial charge in [0, 0.05) is 29.0 Å². The minimum absolute atomic E-state index is 0.121. The van der Waals surface area contributed by atoms with E-state index in [1.165, 1.54) is 31.0 Å². The normalized spacial score (nSPS) is 11.6. The largest absolute Gasteiger partial charge is 0.472 e. The van der Waals surface area contributed by atoms with Crippen LogP contribution in [0.15, 0.2) is 50.8 Å². The Labute approximate surface area is 107 Å². The topological polar surface area (TPSA) is 72.2 Å². The summed E-state index contributed by atoms with van der Waals surface area (Å²) in [5, 5.41) is 0. The smallest absolute Gasteiger partial charge is 0.242 e. The van der Waals surface area contributed by atoms with E-state index in [0.717, 1.165) is 5.56 Å². The zero-order valence-electron chi connectivity index (χ0n) is 8.63. The van der Waals surface area contributed by atoms with Gasteiger partial charge in [0.2, 0.25) is 10.0 Å². The first-order chi connectivity index (χ1) is 8.08. The minimum Gasteiger partial charge on any atom is -0.472 e. The van der Waals surface area contributed by atoms with Gasteiger partial charge in [-0.05, 0) is 28.1 Å². The molecule has 0 fully saturated rings. The van der Waals surface area contributed by atoms with Crippen molar-refractivity contribution in [3.63, 3.8) is 0 Å². The lowest BCUT2D eigenvalue weighted by Crippen LogP contribution is -2.23. The number of halogens is 1. The Morgan fingerprint density at radius 3 is 2.88 bits per heavy atom. The number of aromatic nitrogens is 1. The lowest BCUT2D eigenvalue weighted by atomic mass is 10.4. The van der Waals surface area contributed by atoms with E-state index in [9.17, 15) is 8.42 Å². The SMILES string of the molecule is O=S(=O)(NCc1ccoc1)c1cncc(Br)c1. The molecule has 0 aromatic carbocycles. The maximum Gasteiger partial charge on any atom is 0.242 e. The van der Waals surface area contributed by atoms with Gasteiger partial charge in [-0.25, -0.2) is 13.1 Å². The van der Waals surface area contributed by atoms with E-state index in [1.807, 2.05) is 0 Å². The number of nitrogens with zero attached hydrogens (tertiary/aromatic N) is 1. The van der Waals surface area contributed by atoms with Gasteiger partial charge >= 0.3 is 0 Å². The van der Waals surface area contributed by atoms with Crippen LogP contribution in [0.25, 0.3) is 0 Å². The van der Waals surface area contributed by atoms with E-state index >= 15 is 0 Å². The molecule has 2 aromatic heterocycles. The molecule has 0 radical (unpaired) electrons. The molecule has 0 atom stereocenters. The lowest BCUT2D eigenvalue weighted by molar-refractivity contribution is 0.561. The standard InChI is InChI=1S/C10H9BrN2O3S/c11-9-3-10(6-12-5-9)17(14,15)13-4-8-1-2-16-7-8/h1-3,5-7,13H,4H2. The third-order valence-electron chi connectivity index (χ3n) is 2.04. The Morgan fingerprint density at radius 1 is 1.41 bits per heavy atom. The number of hydrogen-bond donors (Lipinski definition) is 1. The van der Waals surface area contributed by atoms with Gasteiger partial charge < -0.3 is 4.42 Å². The van der Waals surface area contributed by atoms with Crippen LogP contribution < -0.4 is 4.72 Å². The average Bonchev–Trinajstić information content (AvgIpc) is 2.79. The molecule has 0 spiro atoms. The maximum atomic E-state index is 11.9. The summed E-state index contributed by atoms with van der Waals surface area (Å²) in [6, 6.07) is 3.19. The minimum atomic E-state index is -3.54. The summed E-state index contributed by atoms with van der Waals surface area (Å²) in [5.41, 5.74) is 0.761. The van der Waals surface area contributed by atoms with Gasteiger partial charge in [-0.1, -0.05) is 0 Å². The summed E-state index contributed by atoms with van der Waals surface area (Å²) >= 11 is 3.17. The summed E-state index contributed by atoms with van der Waals surface area (Å²) in [4.78, 5) is 3.93. The van der Waals surface area contributed by atoms with Gasteiger partial charge in [-0.15, -0.1) is 0 Å². The zero-order chi connectivity index (χ0) is 12.3. The molecule has 0 bridgehead atoms. The summed E-state index contributed by atoms with van der Waals surface area (Å²) in [6.07, 6.45) is 5.80. The van der Waals surface area contributed by atoms with Gasteiger partial charge in [0.15, 0.2) is 0 Å². The maximum absolute atomic E-state index is 11.9. The van der Waals surface area contributed by atoms with E-state index < -0.39 is 10.0 Å². The van der Waals surface area contributed by atoms with Crippen LogP contribution in [0.3, 0.4) is 0 Å². The first-order valence-electron chi connectivity index (χ1n) is 4.69. The molecule has 0 saturated carbocycles. The third-order valence-corrected chi connectivity index (χ3v) is 3.84. The van der Waals surface area contributed by atoms with Gasteiger partial charge in [-0.3, -0.25) is 4.98 Å². The van der Waals surface area contributed by atoms with Crippen molar-refractivity contribution in [1.29, 1.82) is 0 Å². The zero-order valence-corrected chi connectivity index (χ0v) is 11.0. The Balaban J connectivity index is 2.14. The average molecular weight is 317 g/mol. The number of hydrogen-bond acceptors (Lipinski definition) is 4. The fourth-order valence-electron chi connectivity index (χ4n) is 1.19. The Morgan fingerprint density at radius 2 is 2.24 bits per heavy atom. The van der Waals surface area contributed by atoms with E-state index in [4.69, 9.17) is 4.42 Å². The molecule has 1 N–H and O–H groups in total. The lowest BCUT2D eigenvalue weighted by Gasteiger charge is -2.05. The van der Waals surface area contributed by atoms with E-state index in [0.29, 0.717) is 4.47 Å². The highest BCUT2D eigenvalue weighted by Crippen LogP contribution is 2.14. The third kappa shape index (κ3) is 3.15. The molecule has 0 unspecified atom stereocenters. The number of pyridine rings is 1. The van der Waals surface area contributed by atoms with Crippen molar-refractivity contribution in [3.05, 3.63) is 47.1 Å². The second kappa shape index (κ2) is 4.99. The molecule has 0 aliphatic carbocycles. The summed E-state index contributed by atoms with van der Waals surface area (Å²) < 4.78 is 31.7. The highest BCUT2D eigenvalue weighted by molar-refractivity contribution is 9.10. The summed E-state index contributed by atoms with van der Waals surface area (Å²) in [5.74, 6) is 0. The highest BCUT2D eigenvalue weighted by Gasteiger charge is 2.14. The molecule has 2 aromatic rings. The van der Waals surface area contributed by atoms with Crippen molar-refractivity contribution in [2.24, 2.45) is 0 Å². The van der Waals surface area contributed by atoms with Crippen molar-refractivity contribution < 1.29 is 12.8 Å². The molecule has 0 aliphatic heterocycles. The van der Waals surface area contributed by atoms with Gasteiger partial charge in [-0.2, -0.15) is 0 Å². The van der Waals surface area contributed by atoms with E-state index in [-0.39, 0.29) is 11.4 Å². The van der Waals surface area contributed by atoms with Crippen molar-refractivity contribution in [3.8, 4) is 0 Å². The molecule has 0 aliphatic rings. The molecular weight excluding hydrogens is 308 g/mol. The second-order valence-electron chi connectivity index (χ2n) is 3.30. The fourth-order valence-corrected chi connectivity index (χ4v) is 2.72. The number of nitrogens with one attached hydrogen (secondary N) is 1. The predicted octanol–water partition coefficient (Wildman–Crippen LogP) is 1.92. The van der Waals surface area contributed by atoms with Crippen LogP contribution in [-0.4, -0.2) is 13.4 Å². The molecule has 7 heteroatoms. The molecular formula is C10H9BrN2O3S. The summed E-state index contributed by atoms with van der Waals surface area (Å²) in [6.45, 7) is 0.186. The summed E-state index contributed by atoms with van der Waals surface area (Å²) in [7, 11) is -3.54. The molecule has 17 heavy (non-hydrogen) atoms. The van der Waals surface area contributed by atoms with Crippen LogP contribution in [0.1, 0.15) is 5.56 Å². The fraction of sp³-hybridized carbons (Fsp3) is 0.100. The van der Waals surface area contributed by atoms with Crippen LogP contribution in [0.5, 0.6) is 0 Å². The molecule has 90 valence electrons. The van der Waals surface area contributed by atoms with Crippen LogP contribution in [0.2, 0.25) is 0 Å². The Hall–Kier alpha value is -1.18. The molecule has 5 nitrogen and oxygen atoms in total. The molecule has 0 saturated heterocycles. The monoisotopic (exact) mass is 316 g/mol. The van der Waals surface area contributed by atoms with Crippen molar-refractivity contribution in [2.75, 3.05) is 0 Å². The second-order valence-corrected chi connectivity index (χ2v) is 5.98. The molecule has 2 rings (SSSR count). The number of rotatable bonds is 4. The molecule has 0 amide bonds. The Kier molecular flexibility index (Phi) is 3.60. The van der Waals surface area contributed by atoms with Crippen molar-refractivity contribution >= 4 is 26.0 Å². The van der Waals surface area contributed by atoms with E-state index in [1.54, 1.807) is 6.07 Å². The predicted molar refractivity (Wildman–Crippen MR) is 64.7 cm³/mol. The quantitative estimate of drug-likeness (QED) is 0.935. The van der Waals surface area contributed by atoms with Crippen LogP contribution in [-0.2, 0) is 16.6 Å². The van der Waals surface area contributed by atoms with Crippen LogP contribution in [0, 0.1) is 0 Å².